The van der Waals surface area contributed by atoms with Crippen LogP contribution >= 0.6 is 23.8 Å². The van der Waals surface area contributed by atoms with Crippen molar-refractivity contribution < 1.29 is 9.53 Å². The molecule has 0 amide bonds. The highest BCUT2D eigenvalue weighted by Gasteiger charge is 2.06. The van der Waals surface area contributed by atoms with Crippen molar-refractivity contribution in [3.63, 3.8) is 0 Å². The Morgan fingerprint density at radius 3 is 2.45 bits per heavy atom. The molecule has 0 saturated heterocycles. The molecule has 2 aromatic carbocycles. The summed E-state index contributed by atoms with van der Waals surface area (Å²) in [5, 5.41) is 7.04. The lowest BCUT2D eigenvalue weighted by atomic mass is 10.2. The van der Waals surface area contributed by atoms with Crippen LogP contribution in [0.2, 0.25) is 5.02 Å². The lowest BCUT2D eigenvalue weighted by Gasteiger charge is -2.12. The molecule has 0 bridgehead atoms. The number of nitrogens with one attached hydrogen (secondary N) is 2. The van der Waals surface area contributed by atoms with Gasteiger partial charge in [0.15, 0.2) is 5.11 Å². The first-order valence-electron chi connectivity index (χ1n) is 6.70. The van der Waals surface area contributed by atoms with Crippen molar-refractivity contribution in [1.29, 1.82) is 0 Å². The molecule has 0 radical (unpaired) electrons. The topological polar surface area (TPSA) is 50.4 Å². The van der Waals surface area contributed by atoms with E-state index in [1.807, 2.05) is 18.2 Å². The molecule has 0 unspecified atom stereocenters. The first-order chi connectivity index (χ1) is 10.6. The van der Waals surface area contributed by atoms with Gasteiger partial charge in [0.1, 0.15) is 0 Å². The zero-order valence-corrected chi connectivity index (χ0v) is 13.5. The average Bonchev–Trinajstić information content (AvgIpc) is 2.50. The van der Waals surface area contributed by atoms with Gasteiger partial charge in [-0.1, -0.05) is 23.7 Å². The van der Waals surface area contributed by atoms with Gasteiger partial charge in [0, 0.05) is 5.69 Å². The summed E-state index contributed by atoms with van der Waals surface area (Å²) in [6.07, 6.45) is 0. The van der Waals surface area contributed by atoms with Gasteiger partial charge in [-0.3, -0.25) is 0 Å². The third-order valence-corrected chi connectivity index (χ3v) is 3.31. The molecule has 0 aliphatic carbocycles. The maximum atomic E-state index is 11.6. The largest absolute Gasteiger partial charge is 0.462 e. The highest BCUT2D eigenvalue weighted by atomic mass is 35.5. The lowest BCUT2D eigenvalue weighted by Crippen LogP contribution is -2.19. The minimum atomic E-state index is -0.342. The van der Waals surface area contributed by atoms with Gasteiger partial charge >= 0.3 is 5.97 Å². The zero-order valence-electron chi connectivity index (χ0n) is 11.9. The van der Waals surface area contributed by atoms with E-state index >= 15 is 0 Å². The summed E-state index contributed by atoms with van der Waals surface area (Å²) in [5.41, 5.74) is 1.99. The second kappa shape index (κ2) is 7.77. The predicted octanol–water partition coefficient (Wildman–Crippen LogP) is 4.33. The summed E-state index contributed by atoms with van der Waals surface area (Å²) in [7, 11) is 0. The molecule has 0 aliphatic rings. The van der Waals surface area contributed by atoms with Crippen molar-refractivity contribution in [3.8, 4) is 0 Å². The van der Waals surface area contributed by atoms with Gasteiger partial charge in [0.05, 0.1) is 22.9 Å². The van der Waals surface area contributed by atoms with Crippen LogP contribution in [-0.2, 0) is 4.74 Å². The van der Waals surface area contributed by atoms with Crippen LogP contribution in [0.5, 0.6) is 0 Å². The average molecular weight is 335 g/mol. The van der Waals surface area contributed by atoms with E-state index < -0.39 is 0 Å². The minimum absolute atomic E-state index is 0.342. The molecule has 0 fully saturated rings. The summed E-state index contributed by atoms with van der Waals surface area (Å²) in [6, 6.07) is 14.2. The Labute approximate surface area is 139 Å². The predicted molar refractivity (Wildman–Crippen MR) is 93.7 cm³/mol. The SMILES string of the molecule is CCOC(=O)c1ccc(NC(=S)Nc2ccccc2Cl)cc1. The molecule has 2 aromatic rings. The zero-order chi connectivity index (χ0) is 15.9. The molecule has 6 heteroatoms. The molecular formula is C16H15ClN2O2S. The molecule has 2 N–H and O–H groups in total. The number of carbonyl (C=O) groups is 1. The van der Waals surface area contributed by atoms with Crippen LogP contribution in [0, 0.1) is 0 Å². The molecule has 0 atom stereocenters. The van der Waals surface area contributed by atoms with Gasteiger partial charge in [0.2, 0.25) is 0 Å². The minimum Gasteiger partial charge on any atom is -0.462 e. The Morgan fingerprint density at radius 2 is 1.82 bits per heavy atom. The number of halogens is 1. The van der Waals surface area contributed by atoms with Crippen molar-refractivity contribution in [2.45, 2.75) is 6.92 Å². The van der Waals surface area contributed by atoms with Gasteiger partial charge in [-0.2, -0.15) is 0 Å². The third-order valence-electron chi connectivity index (χ3n) is 2.78. The smallest absolute Gasteiger partial charge is 0.338 e. The van der Waals surface area contributed by atoms with Crippen molar-refractivity contribution in [3.05, 3.63) is 59.1 Å². The Bertz CT molecular complexity index is 674. The molecule has 114 valence electrons. The van der Waals surface area contributed by atoms with Gasteiger partial charge in [-0.05, 0) is 55.5 Å². The summed E-state index contributed by atoms with van der Waals surface area (Å²) >= 11 is 11.3. The summed E-state index contributed by atoms with van der Waals surface area (Å²) < 4.78 is 4.93. The summed E-state index contributed by atoms with van der Waals surface area (Å²) in [5.74, 6) is -0.342. The quantitative estimate of drug-likeness (QED) is 0.644. The Morgan fingerprint density at radius 1 is 1.14 bits per heavy atom. The monoisotopic (exact) mass is 334 g/mol. The number of hydrogen-bond donors (Lipinski definition) is 2. The standard InChI is InChI=1S/C16H15ClN2O2S/c1-2-21-15(20)11-7-9-12(10-8-11)18-16(22)19-14-6-4-3-5-13(14)17/h3-10H,2H2,1H3,(H2,18,19,22). The van der Waals surface area contributed by atoms with Crippen molar-refractivity contribution in [2.75, 3.05) is 17.2 Å². The first-order valence-corrected chi connectivity index (χ1v) is 7.48. The number of thiocarbonyl (C=S) groups is 1. The molecule has 0 aromatic heterocycles. The fraction of sp³-hybridized carbons (Fsp3) is 0.125. The molecular weight excluding hydrogens is 320 g/mol. The van der Waals surface area contributed by atoms with E-state index in [0.717, 1.165) is 11.4 Å². The van der Waals surface area contributed by atoms with Gasteiger partial charge in [-0.15, -0.1) is 0 Å². The normalized spacial score (nSPS) is 9.91. The van der Waals surface area contributed by atoms with Crippen molar-refractivity contribution >= 4 is 46.3 Å². The van der Waals surface area contributed by atoms with Crippen molar-refractivity contribution in [1.82, 2.24) is 0 Å². The second-order valence-electron chi connectivity index (χ2n) is 4.36. The van der Waals surface area contributed by atoms with Crippen LogP contribution in [0.3, 0.4) is 0 Å². The fourth-order valence-corrected chi connectivity index (χ4v) is 2.16. The molecule has 0 saturated carbocycles. The van der Waals surface area contributed by atoms with E-state index in [4.69, 9.17) is 28.6 Å². The van der Waals surface area contributed by atoms with Gasteiger partial charge in [0.25, 0.3) is 0 Å². The number of rotatable bonds is 4. The number of para-hydroxylation sites is 1. The second-order valence-corrected chi connectivity index (χ2v) is 5.17. The van der Waals surface area contributed by atoms with E-state index in [9.17, 15) is 4.79 Å². The first kappa shape index (κ1) is 16.3. The Kier molecular flexibility index (Phi) is 5.75. The van der Waals surface area contributed by atoms with Crippen LogP contribution in [0.25, 0.3) is 0 Å². The molecule has 2 rings (SSSR count). The number of anilines is 2. The maximum Gasteiger partial charge on any atom is 0.338 e. The van der Waals surface area contributed by atoms with E-state index in [-0.39, 0.29) is 5.97 Å². The molecule has 22 heavy (non-hydrogen) atoms. The number of carbonyl (C=O) groups excluding carboxylic acids is 1. The number of benzene rings is 2. The number of ether oxygens (including phenoxy) is 1. The van der Waals surface area contributed by atoms with Gasteiger partial charge < -0.3 is 15.4 Å². The Balaban J connectivity index is 1.97. The van der Waals surface area contributed by atoms with Crippen LogP contribution in [-0.4, -0.2) is 17.7 Å². The highest BCUT2D eigenvalue weighted by Crippen LogP contribution is 2.20. The molecule has 0 spiro atoms. The molecule has 4 nitrogen and oxygen atoms in total. The van der Waals surface area contributed by atoms with Gasteiger partial charge in [-0.25, -0.2) is 4.79 Å². The van der Waals surface area contributed by atoms with Crippen molar-refractivity contribution in [2.24, 2.45) is 0 Å². The van der Waals surface area contributed by atoms with Crippen LogP contribution in [0.4, 0.5) is 11.4 Å². The van der Waals surface area contributed by atoms with E-state index in [2.05, 4.69) is 10.6 Å². The van der Waals surface area contributed by atoms with E-state index in [1.54, 1.807) is 37.3 Å². The molecule has 0 aliphatic heterocycles. The Hall–Kier alpha value is -2.11. The third kappa shape index (κ3) is 4.44. The lowest BCUT2D eigenvalue weighted by molar-refractivity contribution is 0.0526. The van der Waals surface area contributed by atoms with E-state index in [1.165, 1.54) is 0 Å². The maximum absolute atomic E-state index is 11.6. The fourth-order valence-electron chi connectivity index (χ4n) is 1.75. The summed E-state index contributed by atoms with van der Waals surface area (Å²) in [6.45, 7) is 2.12. The highest BCUT2D eigenvalue weighted by molar-refractivity contribution is 7.80. The number of esters is 1. The summed E-state index contributed by atoms with van der Waals surface area (Å²) in [4.78, 5) is 11.6. The molecule has 0 heterocycles. The van der Waals surface area contributed by atoms with E-state index in [0.29, 0.717) is 22.3 Å². The number of hydrogen-bond acceptors (Lipinski definition) is 3. The van der Waals surface area contributed by atoms with Crippen LogP contribution in [0.15, 0.2) is 48.5 Å². The van der Waals surface area contributed by atoms with Crippen LogP contribution in [0.1, 0.15) is 17.3 Å². The van der Waals surface area contributed by atoms with Crippen LogP contribution < -0.4 is 10.6 Å².